The van der Waals surface area contributed by atoms with Gasteiger partial charge in [-0.05, 0) is 24.6 Å². The van der Waals surface area contributed by atoms with Crippen molar-refractivity contribution in [2.45, 2.75) is 13.0 Å². The van der Waals surface area contributed by atoms with Crippen molar-refractivity contribution in [3.63, 3.8) is 0 Å². The summed E-state index contributed by atoms with van der Waals surface area (Å²) in [7, 11) is 0. The van der Waals surface area contributed by atoms with Crippen molar-refractivity contribution in [2.24, 2.45) is 5.73 Å². The number of hydrogen-bond acceptors (Lipinski definition) is 2. The maximum Gasteiger partial charge on any atom is 0.0991 e. The topological polar surface area (TPSA) is 43.8 Å². The van der Waals surface area contributed by atoms with Gasteiger partial charge in [0.1, 0.15) is 0 Å². The van der Waals surface area contributed by atoms with Crippen molar-refractivity contribution in [1.82, 2.24) is 9.55 Å². The van der Waals surface area contributed by atoms with Crippen molar-refractivity contribution in [3.8, 4) is 5.69 Å². The molecule has 0 amide bonds. The van der Waals surface area contributed by atoms with Gasteiger partial charge in [0.25, 0.3) is 0 Å². The highest BCUT2D eigenvalue weighted by Crippen LogP contribution is 2.14. The van der Waals surface area contributed by atoms with Crippen LogP contribution in [0.4, 0.5) is 0 Å². The van der Waals surface area contributed by atoms with E-state index >= 15 is 0 Å². The summed E-state index contributed by atoms with van der Waals surface area (Å²) in [6, 6.07) is 8.22. The molecule has 0 radical (unpaired) electrons. The minimum Gasteiger partial charge on any atom is -0.324 e. The zero-order valence-electron chi connectivity index (χ0n) is 8.09. The third kappa shape index (κ3) is 1.67. The Bertz CT molecular complexity index is 404. The standard InChI is InChI=1S/C11H13N3/c1-9(12)10-3-2-4-11(7-10)14-6-5-13-8-14/h2-9H,12H2,1H3/t9-/m0/s1. The first kappa shape index (κ1) is 8.97. The molecule has 1 aromatic carbocycles. The van der Waals surface area contributed by atoms with Crippen LogP contribution in [0, 0.1) is 0 Å². The molecule has 1 atom stereocenters. The summed E-state index contributed by atoms with van der Waals surface area (Å²) in [5.74, 6) is 0. The molecule has 2 N–H and O–H groups in total. The zero-order chi connectivity index (χ0) is 9.97. The Kier molecular flexibility index (Phi) is 2.33. The number of rotatable bonds is 2. The maximum absolute atomic E-state index is 5.81. The summed E-state index contributed by atoms with van der Waals surface area (Å²) in [4.78, 5) is 4.00. The van der Waals surface area contributed by atoms with Crippen LogP contribution in [-0.4, -0.2) is 9.55 Å². The summed E-state index contributed by atoms with van der Waals surface area (Å²) in [6.07, 6.45) is 5.46. The fraction of sp³-hybridized carbons (Fsp3) is 0.182. The van der Waals surface area contributed by atoms with Crippen molar-refractivity contribution < 1.29 is 0 Å². The first-order valence-corrected chi connectivity index (χ1v) is 4.61. The van der Waals surface area contributed by atoms with E-state index in [-0.39, 0.29) is 6.04 Å². The monoisotopic (exact) mass is 187 g/mol. The lowest BCUT2D eigenvalue weighted by Crippen LogP contribution is -2.05. The summed E-state index contributed by atoms with van der Waals surface area (Å²) in [6.45, 7) is 1.98. The molecule has 2 aromatic rings. The molecule has 0 saturated heterocycles. The summed E-state index contributed by atoms with van der Waals surface area (Å²) in [5, 5.41) is 0. The second kappa shape index (κ2) is 3.64. The van der Waals surface area contributed by atoms with Gasteiger partial charge in [0.2, 0.25) is 0 Å². The summed E-state index contributed by atoms with van der Waals surface area (Å²) in [5.41, 5.74) is 8.04. The van der Waals surface area contributed by atoms with Crippen LogP contribution in [0.25, 0.3) is 5.69 Å². The molecule has 0 aliphatic heterocycles. The summed E-state index contributed by atoms with van der Waals surface area (Å²) >= 11 is 0. The number of benzene rings is 1. The van der Waals surface area contributed by atoms with E-state index in [2.05, 4.69) is 11.1 Å². The maximum atomic E-state index is 5.81. The van der Waals surface area contributed by atoms with Crippen LogP contribution < -0.4 is 5.73 Å². The first-order valence-electron chi connectivity index (χ1n) is 4.61. The molecule has 0 saturated carbocycles. The molecular formula is C11H13N3. The third-order valence-electron chi connectivity index (χ3n) is 2.20. The smallest absolute Gasteiger partial charge is 0.0991 e. The molecule has 3 heteroatoms. The number of imidazole rings is 1. The van der Waals surface area contributed by atoms with Crippen molar-refractivity contribution in [1.29, 1.82) is 0 Å². The van der Waals surface area contributed by atoms with Crippen LogP contribution in [-0.2, 0) is 0 Å². The molecule has 1 heterocycles. The molecule has 14 heavy (non-hydrogen) atoms. The Balaban J connectivity index is 2.41. The fourth-order valence-electron chi connectivity index (χ4n) is 1.38. The van der Waals surface area contributed by atoms with E-state index in [0.29, 0.717) is 0 Å². The Hall–Kier alpha value is -1.61. The van der Waals surface area contributed by atoms with Gasteiger partial charge in [-0.1, -0.05) is 12.1 Å². The normalized spacial score (nSPS) is 12.7. The van der Waals surface area contributed by atoms with Gasteiger partial charge in [0.05, 0.1) is 6.33 Å². The van der Waals surface area contributed by atoms with Gasteiger partial charge in [-0.25, -0.2) is 4.98 Å². The second-order valence-electron chi connectivity index (χ2n) is 3.35. The second-order valence-corrected chi connectivity index (χ2v) is 3.35. The highest BCUT2D eigenvalue weighted by Gasteiger charge is 2.00. The third-order valence-corrected chi connectivity index (χ3v) is 2.20. The van der Waals surface area contributed by atoms with Crippen molar-refractivity contribution >= 4 is 0 Å². The van der Waals surface area contributed by atoms with E-state index in [1.807, 2.05) is 35.9 Å². The van der Waals surface area contributed by atoms with Crippen molar-refractivity contribution in [3.05, 3.63) is 48.5 Å². The van der Waals surface area contributed by atoms with Gasteiger partial charge < -0.3 is 10.3 Å². The van der Waals surface area contributed by atoms with Gasteiger partial charge in [-0.2, -0.15) is 0 Å². The molecule has 0 aliphatic rings. The van der Waals surface area contributed by atoms with Gasteiger partial charge >= 0.3 is 0 Å². The van der Waals surface area contributed by atoms with Crippen molar-refractivity contribution in [2.75, 3.05) is 0 Å². The lowest BCUT2D eigenvalue weighted by molar-refractivity contribution is 0.816. The number of aromatic nitrogens is 2. The minimum atomic E-state index is 0.0680. The largest absolute Gasteiger partial charge is 0.324 e. The Morgan fingerprint density at radius 3 is 2.93 bits per heavy atom. The van der Waals surface area contributed by atoms with E-state index in [1.54, 1.807) is 12.5 Å². The molecule has 0 bridgehead atoms. The molecule has 0 unspecified atom stereocenters. The lowest BCUT2D eigenvalue weighted by atomic mass is 10.1. The van der Waals surface area contributed by atoms with Crippen LogP contribution in [0.3, 0.4) is 0 Å². The average Bonchev–Trinajstić information content (AvgIpc) is 2.71. The SMILES string of the molecule is C[C@H](N)c1cccc(-n2ccnc2)c1. The van der Waals surface area contributed by atoms with Gasteiger partial charge in [0, 0.05) is 24.1 Å². The quantitative estimate of drug-likeness (QED) is 0.780. The van der Waals surface area contributed by atoms with Crippen LogP contribution >= 0.6 is 0 Å². The number of hydrogen-bond donors (Lipinski definition) is 1. The van der Waals surface area contributed by atoms with E-state index in [1.165, 1.54) is 0 Å². The molecule has 0 spiro atoms. The summed E-state index contributed by atoms with van der Waals surface area (Å²) < 4.78 is 1.96. The van der Waals surface area contributed by atoms with Crippen LogP contribution in [0.1, 0.15) is 18.5 Å². The predicted molar refractivity (Wildman–Crippen MR) is 56.2 cm³/mol. The van der Waals surface area contributed by atoms with E-state index in [9.17, 15) is 0 Å². The number of nitrogens with two attached hydrogens (primary N) is 1. The van der Waals surface area contributed by atoms with Gasteiger partial charge in [-0.15, -0.1) is 0 Å². The highest BCUT2D eigenvalue weighted by atomic mass is 15.0. The molecule has 3 nitrogen and oxygen atoms in total. The Morgan fingerprint density at radius 1 is 1.43 bits per heavy atom. The predicted octanol–water partition coefficient (Wildman–Crippen LogP) is 1.89. The van der Waals surface area contributed by atoms with Crippen LogP contribution in [0.15, 0.2) is 43.0 Å². The van der Waals surface area contributed by atoms with E-state index in [4.69, 9.17) is 5.73 Å². The van der Waals surface area contributed by atoms with Crippen LogP contribution in [0.5, 0.6) is 0 Å². The molecule has 72 valence electrons. The Morgan fingerprint density at radius 2 is 2.29 bits per heavy atom. The van der Waals surface area contributed by atoms with E-state index in [0.717, 1.165) is 11.3 Å². The molecule has 0 fully saturated rings. The molecule has 2 rings (SSSR count). The Labute approximate surface area is 83.2 Å². The first-order chi connectivity index (χ1) is 6.77. The minimum absolute atomic E-state index is 0.0680. The van der Waals surface area contributed by atoms with Gasteiger partial charge in [0.15, 0.2) is 0 Å². The fourth-order valence-corrected chi connectivity index (χ4v) is 1.38. The van der Waals surface area contributed by atoms with Gasteiger partial charge in [-0.3, -0.25) is 0 Å². The zero-order valence-corrected chi connectivity index (χ0v) is 8.09. The van der Waals surface area contributed by atoms with Crippen LogP contribution in [0.2, 0.25) is 0 Å². The molecular weight excluding hydrogens is 174 g/mol. The molecule has 0 aliphatic carbocycles. The highest BCUT2D eigenvalue weighted by molar-refractivity contribution is 5.36. The molecule has 1 aromatic heterocycles. The average molecular weight is 187 g/mol. The lowest BCUT2D eigenvalue weighted by Gasteiger charge is -2.08. The number of nitrogens with zero attached hydrogens (tertiary/aromatic N) is 2. The van der Waals surface area contributed by atoms with E-state index < -0.39 is 0 Å².